The second-order valence-electron chi connectivity index (χ2n) is 1.66. The van der Waals surface area contributed by atoms with E-state index in [0.717, 1.165) is 4.66 Å². The summed E-state index contributed by atoms with van der Waals surface area (Å²) in [6.07, 6.45) is 0. The molecule has 0 aromatic rings. The Morgan fingerprint density at radius 3 is 2.82 bits per heavy atom. The van der Waals surface area contributed by atoms with Crippen LogP contribution in [0.15, 0.2) is 0 Å². The number of carbonyl (C=O) groups excluding carboxylic acids is 1. The lowest BCUT2D eigenvalue weighted by atomic mass is 10.4. The lowest BCUT2D eigenvalue weighted by molar-refractivity contribution is -0.135. The van der Waals surface area contributed by atoms with E-state index in [-0.39, 0.29) is 5.71 Å². The summed E-state index contributed by atoms with van der Waals surface area (Å²) < 4.78 is 5.34. The smallest absolute Gasteiger partial charge is 0.352 e. The maximum Gasteiger partial charge on any atom is 0.352 e. The van der Waals surface area contributed by atoms with Gasteiger partial charge in [-0.05, 0) is 6.92 Å². The van der Waals surface area contributed by atoms with Crippen LogP contribution in [0.5, 0.6) is 0 Å². The summed E-state index contributed by atoms with van der Waals surface area (Å²) in [6.45, 7) is 2.06. The van der Waals surface area contributed by atoms with Gasteiger partial charge in [-0.2, -0.15) is 0 Å². The number of carbonyl (C=O) groups is 1. The monoisotopic (exact) mass is 239 g/mol. The van der Waals surface area contributed by atoms with Crippen molar-refractivity contribution in [3.8, 4) is 0 Å². The first kappa shape index (κ1) is 11.0. The van der Waals surface area contributed by atoms with Gasteiger partial charge in [0.1, 0.15) is 5.71 Å². The van der Waals surface area contributed by atoms with Crippen LogP contribution in [0.4, 0.5) is 0 Å². The Bertz CT molecular complexity index is 152. The average molecular weight is 240 g/mol. The molecule has 0 aromatic carbocycles. The van der Waals surface area contributed by atoms with Gasteiger partial charge >= 0.3 is 5.97 Å². The Morgan fingerprint density at radius 2 is 2.36 bits per heavy atom. The van der Waals surface area contributed by atoms with Gasteiger partial charge in [-0.15, -0.1) is 11.8 Å². The quantitative estimate of drug-likeness (QED) is 0.451. The van der Waals surface area contributed by atoms with Crippen LogP contribution < -0.4 is 0 Å². The fourth-order valence-corrected chi connectivity index (χ4v) is 1.30. The normalized spacial score (nSPS) is 9.27. The van der Waals surface area contributed by atoms with E-state index in [1.165, 1.54) is 11.8 Å². The van der Waals surface area contributed by atoms with E-state index in [4.69, 9.17) is 5.41 Å². The minimum absolute atomic E-state index is 0.0244. The van der Waals surface area contributed by atoms with Crippen molar-refractivity contribution >= 4 is 39.4 Å². The molecule has 11 heavy (non-hydrogen) atoms. The Morgan fingerprint density at radius 1 is 1.73 bits per heavy atom. The third kappa shape index (κ3) is 5.26. The highest BCUT2D eigenvalue weighted by molar-refractivity contribution is 9.11. The summed E-state index contributed by atoms with van der Waals surface area (Å²) in [7, 11) is 0. The molecule has 0 rings (SSSR count). The molecule has 0 bridgehead atoms. The van der Waals surface area contributed by atoms with Gasteiger partial charge in [-0.25, -0.2) is 4.79 Å². The zero-order valence-corrected chi connectivity index (χ0v) is 8.63. The number of rotatable bonds is 5. The van der Waals surface area contributed by atoms with Crippen LogP contribution >= 0.6 is 27.7 Å². The standard InChI is InChI=1S/C6H10BrNO2S/c1-2-10-6(9)5(8)3-11-4-7/h8H,2-4H2,1H3. The summed E-state index contributed by atoms with van der Waals surface area (Å²) >= 11 is 4.64. The molecule has 0 aliphatic heterocycles. The largest absolute Gasteiger partial charge is 0.462 e. The Balaban J connectivity index is 3.56. The molecule has 0 amide bonds. The first-order valence-electron chi connectivity index (χ1n) is 3.10. The molecule has 0 heterocycles. The third-order valence-electron chi connectivity index (χ3n) is 0.845. The van der Waals surface area contributed by atoms with Gasteiger partial charge in [-0.1, -0.05) is 15.9 Å². The molecule has 1 N–H and O–H groups in total. The van der Waals surface area contributed by atoms with Crippen molar-refractivity contribution in [1.29, 1.82) is 5.41 Å². The van der Waals surface area contributed by atoms with Crippen molar-refractivity contribution in [3.63, 3.8) is 0 Å². The highest BCUT2D eigenvalue weighted by Crippen LogP contribution is 2.04. The second-order valence-corrected chi connectivity index (χ2v) is 3.95. The Hall–Kier alpha value is -0.0300. The summed E-state index contributed by atoms with van der Waals surface area (Å²) in [6, 6.07) is 0. The number of hydrogen-bond donors (Lipinski definition) is 1. The fourth-order valence-electron chi connectivity index (χ4n) is 0.418. The lowest BCUT2D eigenvalue weighted by Crippen LogP contribution is -2.18. The van der Waals surface area contributed by atoms with E-state index < -0.39 is 5.97 Å². The number of nitrogens with one attached hydrogen (secondary N) is 1. The number of halogens is 1. The molecule has 0 atom stereocenters. The topological polar surface area (TPSA) is 50.2 Å². The summed E-state index contributed by atoms with van der Waals surface area (Å²) in [4.78, 5) is 10.8. The van der Waals surface area contributed by atoms with E-state index in [0.29, 0.717) is 12.4 Å². The van der Waals surface area contributed by atoms with E-state index in [9.17, 15) is 4.79 Å². The van der Waals surface area contributed by atoms with Gasteiger partial charge in [0.05, 0.1) is 6.61 Å². The number of esters is 1. The average Bonchev–Trinajstić information content (AvgIpc) is 2.00. The molecular formula is C6H10BrNO2S. The van der Waals surface area contributed by atoms with Crippen LogP contribution in [0.1, 0.15) is 6.92 Å². The minimum Gasteiger partial charge on any atom is -0.462 e. The zero-order valence-electron chi connectivity index (χ0n) is 6.22. The highest BCUT2D eigenvalue weighted by Gasteiger charge is 2.08. The molecule has 0 aliphatic rings. The Labute approximate surface area is 78.5 Å². The van der Waals surface area contributed by atoms with Crippen molar-refractivity contribution in [2.75, 3.05) is 17.0 Å². The van der Waals surface area contributed by atoms with E-state index in [2.05, 4.69) is 20.7 Å². The van der Waals surface area contributed by atoms with Crippen molar-refractivity contribution in [2.45, 2.75) is 6.92 Å². The van der Waals surface area contributed by atoms with Crippen molar-refractivity contribution < 1.29 is 9.53 Å². The molecule has 0 saturated carbocycles. The zero-order chi connectivity index (χ0) is 8.69. The van der Waals surface area contributed by atoms with Crippen LogP contribution in [-0.2, 0) is 9.53 Å². The van der Waals surface area contributed by atoms with Crippen LogP contribution in [0.2, 0.25) is 0 Å². The summed E-state index contributed by atoms with van der Waals surface area (Å²) in [5.41, 5.74) is 0.0244. The summed E-state index contributed by atoms with van der Waals surface area (Å²) in [5, 5.41) is 7.19. The SMILES string of the molecule is CCOC(=O)C(=N)CSCBr. The maximum atomic E-state index is 10.8. The molecule has 0 unspecified atom stereocenters. The number of ether oxygens (including phenoxy) is 1. The molecular weight excluding hydrogens is 230 g/mol. The van der Waals surface area contributed by atoms with Crippen LogP contribution in [0.3, 0.4) is 0 Å². The predicted octanol–water partition coefficient (Wildman–Crippen LogP) is 1.65. The highest BCUT2D eigenvalue weighted by atomic mass is 79.9. The molecule has 0 fully saturated rings. The van der Waals surface area contributed by atoms with E-state index in [1.807, 2.05) is 0 Å². The van der Waals surface area contributed by atoms with Gasteiger partial charge in [0, 0.05) is 10.4 Å². The minimum atomic E-state index is -0.513. The fraction of sp³-hybridized carbons (Fsp3) is 0.667. The van der Waals surface area contributed by atoms with Crippen molar-refractivity contribution in [3.05, 3.63) is 0 Å². The Kier molecular flexibility index (Phi) is 6.65. The molecule has 3 nitrogen and oxygen atoms in total. The molecule has 64 valence electrons. The first-order valence-corrected chi connectivity index (χ1v) is 5.38. The second kappa shape index (κ2) is 6.67. The molecule has 0 aromatic heterocycles. The number of alkyl halides is 1. The van der Waals surface area contributed by atoms with Gasteiger partial charge in [0.2, 0.25) is 0 Å². The molecule has 5 heteroatoms. The molecule has 0 saturated heterocycles. The molecule has 0 aliphatic carbocycles. The van der Waals surface area contributed by atoms with Crippen molar-refractivity contribution in [1.82, 2.24) is 0 Å². The van der Waals surface area contributed by atoms with Crippen LogP contribution in [0.25, 0.3) is 0 Å². The van der Waals surface area contributed by atoms with Gasteiger partial charge in [0.15, 0.2) is 0 Å². The van der Waals surface area contributed by atoms with Crippen LogP contribution in [-0.4, -0.2) is 28.7 Å². The number of hydrogen-bond acceptors (Lipinski definition) is 4. The van der Waals surface area contributed by atoms with Gasteiger partial charge < -0.3 is 4.74 Å². The number of thioether (sulfide) groups is 1. The first-order chi connectivity index (χ1) is 5.22. The third-order valence-corrected chi connectivity index (χ3v) is 2.46. The summed E-state index contributed by atoms with van der Waals surface area (Å²) in [5.74, 6) is -0.106. The van der Waals surface area contributed by atoms with Gasteiger partial charge in [0.25, 0.3) is 0 Å². The van der Waals surface area contributed by atoms with Crippen LogP contribution in [0, 0.1) is 5.41 Å². The lowest BCUT2D eigenvalue weighted by Gasteiger charge is -2.00. The maximum absolute atomic E-state index is 10.8. The van der Waals surface area contributed by atoms with Gasteiger partial charge in [-0.3, -0.25) is 5.41 Å². The molecule has 0 spiro atoms. The molecule has 0 radical (unpaired) electrons. The predicted molar refractivity (Wildman–Crippen MR) is 50.6 cm³/mol. The van der Waals surface area contributed by atoms with E-state index in [1.54, 1.807) is 6.92 Å². The van der Waals surface area contributed by atoms with Crippen molar-refractivity contribution in [2.24, 2.45) is 0 Å². The van der Waals surface area contributed by atoms with E-state index >= 15 is 0 Å².